The first kappa shape index (κ1) is 17.5. The van der Waals surface area contributed by atoms with E-state index < -0.39 is 11.7 Å². The third kappa shape index (κ3) is 3.85. The minimum atomic E-state index is -0.479. The number of aromatic nitrogens is 4. The van der Waals surface area contributed by atoms with Crippen LogP contribution in [0.1, 0.15) is 21.7 Å². The molecular weight excluding hydrogens is 337 g/mol. The summed E-state index contributed by atoms with van der Waals surface area (Å²) in [5.41, 5.74) is 1.70. The number of hydrogen-bond donors (Lipinski definition) is 1. The van der Waals surface area contributed by atoms with Crippen LogP contribution in [0.3, 0.4) is 0 Å². The normalized spacial score (nSPS) is 10.7. The highest BCUT2D eigenvalue weighted by Crippen LogP contribution is 2.07. The van der Waals surface area contributed by atoms with Gasteiger partial charge in [0.25, 0.3) is 11.5 Å². The summed E-state index contributed by atoms with van der Waals surface area (Å²) in [5, 5.41) is 11.3. The topological polar surface area (TPSA) is 81.8 Å². The zero-order valence-corrected chi connectivity index (χ0v) is 14.4. The average Bonchev–Trinajstić information content (AvgIpc) is 2.95. The third-order valence-corrected chi connectivity index (χ3v) is 3.78. The molecule has 0 unspecified atom stereocenters. The summed E-state index contributed by atoms with van der Waals surface area (Å²) in [4.78, 5) is 24.0. The molecule has 0 spiro atoms. The van der Waals surface area contributed by atoms with Gasteiger partial charge in [-0.2, -0.15) is 5.10 Å². The zero-order valence-electron chi connectivity index (χ0n) is 14.4. The molecule has 0 saturated carbocycles. The Balaban J connectivity index is 1.70. The fourth-order valence-electron chi connectivity index (χ4n) is 2.58. The molecule has 134 valence electrons. The summed E-state index contributed by atoms with van der Waals surface area (Å²) in [7, 11) is 0. The van der Waals surface area contributed by atoms with Crippen molar-refractivity contribution in [2.75, 3.05) is 6.54 Å². The molecule has 1 amide bonds. The van der Waals surface area contributed by atoms with Crippen LogP contribution in [0.5, 0.6) is 0 Å². The van der Waals surface area contributed by atoms with Crippen molar-refractivity contribution in [3.05, 3.63) is 75.6 Å². The number of aryl methyl sites for hydroxylation is 2. The number of halogens is 1. The maximum Gasteiger partial charge on any atom is 0.266 e. The van der Waals surface area contributed by atoms with E-state index in [0.717, 1.165) is 17.5 Å². The number of rotatable bonds is 5. The van der Waals surface area contributed by atoms with Crippen LogP contribution in [0.2, 0.25) is 0 Å². The van der Waals surface area contributed by atoms with Crippen molar-refractivity contribution in [1.29, 1.82) is 0 Å². The van der Waals surface area contributed by atoms with Gasteiger partial charge in [0.05, 0.1) is 12.2 Å². The lowest BCUT2D eigenvalue weighted by molar-refractivity contribution is 0.0951. The monoisotopic (exact) mass is 355 g/mol. The van der Waals surface area contributed by atoms with E-state index in [0.29, 0.717) is 5.82 Å². The van der Waals surface area contributed by atoms with Gasteiger partial charge in [-0.05, 0) is 44.2 Å². The Kier molecular flexibility index (Phi) is 4.92. The van der Waals surface area contributed by atoms with Crippen LogP contribution in [0.25, 0.3) is 5.82 Å². The van der Waals surface area contributed by atoms with E-state index in [-0.39, 0.29) is 24.2 Å². The first-order valence-electron chi connectivity index (χ1n) is 8.09. The van der Waals surface area contributed by atoms with Crippen molar-refractivity contribution < 1.29 is 9.18 Å². The molecular formula is C18H18FN5O2. The molecule has 2 aromatic heterocycles. The highest BCUT2D eigenvalue weighted by Gasteiger charge is 2.09. The zero-order chi connectivity index (χ0) is 18.7. The number of carbonyl (C=O) groups excluding carboxylic acids is 1. The van der Waals surface area contributed by atoms with Crippen LogP contribution in [0, 0.1) is 19.7 Å². The van der Waals surface area contributed by atoms with Crippen molar-refractivity contribution in [1.82, 2.24) is 24.9 Å². The Morgan fingerprint density at radius 2 is 1.96 bits per heavy atom. The molecule has 0 aliphatic rings. The molecule has 26 heavy (non-hydrogen) atoms. The van der Waals surface area contributed by atoms with Crippen LogP contribution < -0.4 is 10.9 Å². The number of amides is 1. The number of nitrogens with zero attached hydrogens (tertiary/aromatic N) is 4. The fourth-order valence-corrected chi connectivity index (χ4v) is 2.58. The largest absolute Gasteiger partial charge is 0.350 e. The molecule has 0 atom stereocenters. The average molecular weight is 355 g/mol. The molecule has 0 saturated heterocycles. The van der Waals surface area contributed by atoms with Crippen molar-refractivity contribution in [2.45, 2.75) is 20.4 Å². The van der Waals surface area contributed by atoms with Crippen molar-refractivity contribution in [3.63, 3.8) is 0 Å². The van der Waals surface area contributed by atoms with Crippen LogP contribution in [0.15, 0.2) is 47.3 Å². The van der Waals surface area contributed by atoms with E-state index in [1.54, 1.807) is 10.7 Å². The molecule has 7 nitrogen and oxygen atoms in total. The predicted octanol–water partition coefficient (Wildman–Crippen LogP) is 1.61. The number of hydrogen-bond acceptors (Lipinski definition) is 4. The smallest absolute Gasteiger partial charge is 0.266 e. The van der Waals surface area contributed by atoms with Crippen molar-refractivity contribution >= 4 is 5.91 Å². The van der Waals surface area contributed by atoms with Gasteiger partial charge < -0.3 is 5.32 Å². The van der Waals surface area contributed by atoms with Gasteiger partial charge in [-0.3, -0.25) is 9.59 Å². The predicted molar refractivity (Wildman–Crippen MR) is 93.8 cm³/mol. The Morgan fingerprint density at radius 3 is 2.65 bits per heavy atom. The fraction of sp³-hybridized carbons (Fsp3) is 0.222. The van der Waals surface area contributed by atoms with Crippen LogP contribution in [-0.4, -0.2) is 32.0 Å². The molecule has 0 aliphatic carbocycles. The first-order chi connectivity index (χ1) is 12.4. The van der Waals surface area contributed by atoms with Crippen molar-refractivity contribution in [2.24, 2.45) is 0 Å². The van der Waals surface area contributed by atoms with E-state index in [1.807, 2.05) is 19.9 Å². The van der Waals surface area contributed by atoms with Crippen molar-refractivity contribution in [3.8, 4) is 5.82 Å². The molecule has 2 heterocycles. The second-order valence-corrected chi connectivity index (χ2v) is 5.86. The van der Waals surface area contributed by atoms with Gasteiger partial charge in [0.15, 0.2) is 5.82 Å². The minimum Gasteiger partial charge on any atom is -0.350 e. The maximum atomic E-state index is 13.2. The summed E-state index contributed by atoms with van der Waals surface area (Å²) in [5.74, 6) is -0.368. The van der Waals surface area contributed by atoms with Gasteiger partial charge in [0.2, 0.25) is 0 Å². The summed E-state index contributed by atoms with van der Waals surface area (Å²) in [6.07, 6.45) is 0. The minimum absolute atomic E-state index is 0.183. The van der Waals surface area contributed by atoms with E-state index in [2.05, 4.69) is 15.5 Å². The van der Waals surface area contributed by atoms with Gasteiger partial charge in [-0.1, -0.05) is 6.07 Å². The quantitative estimate of drug-likeness (QED) is 0.754. The highest BCUT2D eigenvalue weighted by atomic mass is 19.1. The molecule has 0 bridgehead atoms. The maximum absolute atomic E-state index is 13.2. The number of benzene rings is 1. The van der Waals surface area contributed by atoms with Gasteiger partial charge in [0, 0.05) is 23.9 Å². The van der Waals surface area contributed by atoms with Gasteiger partial charge in [-0.15, -0.1) is 5.10 Å². The third-order valence-electron chi connectivity index (χ3n) is 3.78. The highest BCUT2D eigenvalue weighted by molar-refractivity contribution is 5.94. The van der Waals surface area contributed by atoms with E-state index in [1.165, 1.54) is 28.9 Å². The van der Waals surface area contributed by atoms with Crippen LogP contribution >= 0.6 is 0 Å². The second kappa shape index (κ2) is 7.30. The lowest BCUT2D eigenvalue weighted by atomic mass is 10.2. The standard InChI is InChI=1S/C18H18FN5O2/c1-12-10-13(2)24(21-12)16-6-7-17(25)23(22-16)9-8-20-18(26)14-4-3-5-15(19)11-14/h3-7,10-11H,8-9H2,1-2H3,(H,20,26). The number of nitrogens with one attached hydrogen (secondary N) is 1. The number of carbonyl (C=O) groups is 1. The first-order valence-corrected chi connectivity index (χ1v) is 8.09. The molecule has 1 aromatic carbocycles. The van der Waals surface area contributed by atoms with E-state index >= 15 is 0 Å². The molecule has 0 fully saturated rings. The summed E-state index contributed by atoms with van der Waals surface area (Å²) in [6, 6.07) is 10.3. The Hall–Kier alpha value is -3.29. The Labute approximate surface area is 149 Å². The molecule has 1 N–H and O–H groups in total. The van der Waals surface area contributed by atoms with E-state index in [9.17, 15) is 14.0 Å². The lowest BCUT2D eigenvalue weighted by Gasteiger charge is -2.09. The lowest BCUT2D eigenvalue weighted by Crippen LogP contribution is -2.32. The van der Waals surface area contributed by atoms with E-state index in [4.69, 9.17) is 0 Å². The summed E-state index contributed by atoms with van der Waals surface area (Å²) in [6.45, 7) is 4.15. The van der Waals surface area contributed by atoms with Crippen LogP contribution in [0.4, 0.5) is 4.39 Å². The SMILES string of the molecule is Cc1cc(C)n(-c2ccc(=O)n(CCNC(=O)c3cccc(F)c3)n2)n1. The molecule has 0 radical (unpaired) electrons. The molecule has 3 aromatic rings. The summed E-state index contributed by atoms with van der Waals surface area (Å²) >= 11 is 0. The van der Waals surface area contributed by atoms with Gasteiger partial charge in [-0.25, -0.2) is 13.8 Å². The summed E-state index contributed by atoms with van der Waals surface area (Å²) < 4.78 is 16.1. The van der Waals surface area contributed by atoms with Gasteiger partial charge in [0.1, 0.15) is 5.82 Å². The molecule has 0 aliphatic heterocycles. The van der Waals surface area contributed by atoms with Gasteiger partial charge >= 0.3 is 0 Å². The molecule has 8 heteroatoms. The van der Waals surface area contributed by atoms with Crippen LogP contribution in [-0.2, 0) is 6.54 Å². The molecule has 3 rings (SSSR count). The second-order valence-electron chi connectivity index (χ2n) is 5.86. The Bertz CT molecular complexity index is 1010. The Morgan fingerprint density at radius 1 is 1.15 bits per heavy atom.